The summed E-state index contributed by atoms with van der Waals surface area (Å²) in [6.45, 7) is 8.71. The van der Waals surface area contributed by atoms with Gasteiger partial charge in [-0.3, -0.25) is 0 Å². The first-order valence-corrected chi connectivity index (χ1v) is 4.97. The van der Waals surface area contributed by atoms with Crippen LogP contribution in [0.3, 0.4) is 0 Å². The molecule has 1 rings (SSSR count). The maximum absolute atomic E-state index is 11.9. The van der Waals surface area contributed by atoms with Gasteiger partial charge in [-0.2, -0.15) is 0 Å². The van der Waals surface area contributed by atoms with Gasteiger partial charge >= 0.3 is 0 Å². The molecule has 1 fully saturated rings. The molecule has 0 aromatic rings. The largest absolute Gasteiger partial charge is 0.330 e. The summed E-state index contributed by atoms with van der Waals surface area (Å²) in [6, 6.07) is 0. The standard InChI is InChI=1S/C10H21N2O/c1-9(2)5-8(7-11)6-10(3,4)12(9)13/h8H,5-7,11H2,1-4H3. The van der Waals surface area contributed by atoms with E-state index >= 15 is 0 Å². The second-order valence-corrected chi connectivity index (χ2v) is 5.43. The molecular formula is C10H21N2O. The fraction of sp³-hybridized carbons (Fsp3) is 1.00. The molecule has 0 bridgehead atoms. The number of rotatable bonds is 1. The van der Waals surface area contributed by atoms with Crippen LogP contribution >= 0.6 is 0 Å². The highest BCUT2D eigenvalue weighted by Crippen LogP contribution is 2.39. The minimum absolute atomic E-state index is 0.258. The molecule has 1 saturated heterocycles. The molecule has 0 saturated carbocycles. The fourth-order valence-corrected chi connectivity index (χ4v) is 2.64. The molecule has 0 amide bonds. The molecule has 0 spiro atoms. The van der Waals surface area contributed by atoms with E-state index in [1.807, 2.05) is 27.7 Å². The van der Waals surface area contributed by atoms with Gasteiger partial charge < -0.3 is 5.73 Å². The summed E-state index contributed by atoms with van der Waals surface area (Å²) < 4.78 is 0. The van der Waals surface area contributed by atoms with Crippen molar-refractivity contribution >= 4 is 0 Å². The Kier molecular flexibility index (Phi) is 2.72. The van der Waals surface area contributed by atoms with Crippen molar-refractivity contribution in [3.05, 3.63) is 0 Å². The number of nitrogens with zero attached hydrogens (tertiary/aromatic N) is 1. The molecule has 0 atom stereocenters. The van der Waals surface area contributed by atoms with E-state index in [9.17, 15) is 5.21 Å². The highest BCUT2D eigenvalue weighted by atomic mass is 16.5. The van der Waals surface area contributed by atoms with Crippen molar-refractivity contribution in [2.45, 2.75) is 51.6 Å². The van der Waals surface area contributed by atoms with Gasteiger partial charge in [0.05, 0.1) is 0 Å². The number of piperidine rings is 1. The lowest BCUT2D eigenvalue weighted by Crippen LogP contribution is -2.59. The monoisotopic (exact) mass is 185 g/mol. The van der Waals surface area contributed by atoms with Gasteiger partial charge in [0, 0.05) is 11.1 Å². The summed E-state index contributed by atoms with van der Waals surface area (Å²) in [4.78, 5) is 0. The summed E-state index contributed by atoms with van der Waals surface area (Å²) in [5.74, 6) is 0.496. The molecule has 13 heavy (non-hydrogen) atoms. The Labute approximate surface area is 80.9 Å². The third kappa shape index (κ3) is 2.03. The molecule has 77 valence electrons. The van der Waals surface area contributed by atoms with E-state index in [1.165, 1.54) is 5.06 Å². The highest BCUT2D eigenvalue weighted by molar-refractivity contribution is 4.95. The van der Waals surface area contributed by atoms with Gasteiger partial charge in [0.15, 0.2) is 0 Å². The molecule has 1 heterocycles. The van der Waals surface area contributed by atoms with E-state index in [0.29, 0.717) is 12.5 Å². The highest BCUT2D eigenvalue weighted by Gasteiger charge is 2.45. The molecule has 2 N–H and O–H groups in total. The molecule has 1 aliphatic rings. The third-order valence-electron chi connectivity index (χ3n) is 3.01. The minimum Gasteiger partial charge on any atom is -0.330 e. The predicted molar refractivity (Wildman–Crippen MR) is 52.5 cm³/mol. The molecule has 0 aromatic heterocycles. The van der Waals surface area contributed by atoms with Crippen LogP contribution < -0.4 is 5.73 Å². The zero-order valence-corrected chi connectivity index (χ0v) is 9.13. The topological polar surface area (TPSA) is 49.2 Å². The van der Waals surface area contributed by atoms with Crippen molar-refractivity contribution in [3.63, 3.8) is 0 Å². The Morgan fingerprint density at radius 3 is 1.92 bits per heavy atom. The number of hydrogen-bond donors (Lipinski definition) is 1. The maximum atomic E-state index is 11.9. The zero-order valence-electron chi connectivity index (χ0n) is 9.13. The summed E-state index contributed by atoms with van der Waals surface area (Å²) in [5.41, 5.74) is 5.15. The molecular weight excluding hydrogens is 164 g/mol. The van der Waals surface area contributed by atoms with E-state index in [1.54, 1.807) is 0 Å². The average molecular weight is 185 g/mol. The quantitative estimate of drug-likeness (QED) is 0.674. The predicted octanol–water partition coefficient (Wildman–Crippen LogP) is 1.56. The molecule has 1 radical (unpaired) electrons. The molecule has 3 nitrogen and oxygen atoms in total. The van der Waals surface area contributed by atoms with Crippen LogP contribution in [0.15, 0.2) is 0 Å². The Bertz CT molecular complexity index is 171. The van der Waals surface area contributed by atoms with Gasteiger partial charge in [-0.15, -0.1) is 10.3 Å². The summed E-state index contributed by atoms with van der Waals surface area (Å²) in [7, 11) is 0. The fourth-order valence-electron chi connectivity index (χ4n) is 2.64. The number of nitrogens with two attached hydrogens (primary N) is 1. The molecule has 3 heteroatoms. The lowest BCUT2D eigenvalue weighted by molar-refractivity contribution is -0.293. The van der Waals surface area contributed by atoms with Gasteiger partial charge in [-0.1, -0.05) is 0 Å². The van der Waals surface area contributed by atoms with Crippen LogP contribution in [0.5, 0.6) is 0 Å². The Hall–Kier alpha value is -0.120. The maximum Gasteiger partial charge on any atom is 0.0446 e. The van der Waals surface area contributed by atoms with Gasteiger partial charge in [0.25, 0.3) is 0 Å². The summed E-state index contributed by atoms with van der Waals surface area (Å²) in [5, 5.41) is 13.1. The first-order chi connectivity index (χ1) is 5.79. The van der Waals surface area contributed by atoms with Crippen molar-refractivity contribution in [2.75, 3.05) is 6.54 Å². The number of hydrogen-bond acceptors (Lipinski definition) is 2. The van der Waals surface area contributed by atoms with Crippen molar-refractivity contribution in [1.29, 1.82) is 0 Å². The Morgan fingerprint density at radius 2 is 1.62 bits per heavy atom. The first kappa shape index (κ1) is 11.0. The van der Waals surface area contributed by atoms with Crippen molar-refractivity contribution < 1.29 is 5.21 Å². The zero-order chi connectivity index (χ0) is 10.3. The van der Waals surface area contributed by atoms with E-state index in [-0.39, 0.29) is 11.1 Å². The van der Waals surface area contributed by atoms with E-state index < -0.39 is 0 Å². The average Bonchev–Trinajstić information content (AvgIpc) is 1.99. The second kappa shape index (κ2) is 3.23. The van der Waals surface area contributed by atoms with E-state index in [0.717, 1.165) is 12.8 Å². The smallest absolute Gasteiger partial charge is 0.0446 e. The normalized spacial score (nSPS) is 29.1. The molecule has 1 aliphatic heterocycles. The van der Waals surface area contributed by atoms with Gasteiger partial charge in [-0.05, 0) is 53.0 Å². The Morgan fingerprint density at radius 1 is 1.23 bits per heavy atom. The van der Waals surface area contributed by atoms with Crippen molar-refractivity contribution in [1.82, 2.24) is 5.06 Å². The molecule has 0 aliphatic carbocycles. The molecule has 0 unspecified atom stereocenters. The van der Waals surface area contributed by atoms with Gasteiger partial charge in [0.1, 0.15) is 0 Å². The van der Waals surface area contributed by atoms with E-state index in [4.69, 9.17) is 5.73 Å². The number of hydroxylamine groups is 2. The van der Waals surface area contributed by atoms with Crippen LogP contribution in [0, 0.1) is 5.92 Å². The van der Waals surface area contributed by atoms with Crippen LogP contribution in [-0.2, 0) is 5.21 Å². The van der Waals surface area contributed by atoms with Crippen LogP contribution in [0.4, 0.5) is 0 Å². The Balaban J connectivity index is 2.82. The van der Waals surface area contributed by atoms with Crippen LogP contribution in [0.2, 0.25) is 0 Å². The van der Waals surface area contributed by atoms with Crippen molar-refractivity contribution in [3.8, 4) is 0 Å². The van der Waals surface area contributed by atoms with Crippen LogP contribution in [0.25, 0.3) is 0 Å². The SMILES string of the molecule is CC1(C)CC(CN)CC(C)(C)N1[O]. The van der Waals surface area contributed by atoms with Gasteiger partial charge in [-0.25, -0.2) is 0 Å². The minimum atomic E-state index is -0.258. The van der Waals surface area contributed by atoms with Crippen molar-refractivity contribution in [2.24, 2.45) is 11.7 Å². The molecule has 0 aromatic carbocycles. The van der Waals surface area contributed by atoms with Crippen LogP contribution in [-0.4, -0.2) is 22.7 Å². The second-order valence-electron chi connectivity index (χ2n) is 5.43. The third-order valence-corrected chi connectivity index (χ3v) is 3.01. The van der Waals surface area contributed by atoms with Gasteiger partial charge in [0.2, 0.25) is 0 Å². The lowest BCUT2D eigenvalue weighted by Gasteiger charge is -2.49. The lowest BCUT2D eigenvalue weighted by atomic mass is 9.75. The first-order valence-electron chi connectivity index (χ1n) is 4.97. The van der Waals surface area contributed by atoms with Crippen LogP contribution in [0.1, 0.15) is 40.5 Å². The van der Waals surface area contributed by atoms with E-state index in [2.05, 4.69) is 0 Å². The summed E-state index contributed by atoms with van der Waals surface area (Å²) in [6.07, 6.45) is 1.83. The summed E-state index contributed by atoms with van der Waals surface area (Å²) >= 11 is 0.